The molecule has 0 amide bonds. The third-order valence-electron chi connectivity index (χ3n) is 3.29. The Labute approximate surface area is 128 Å². The van der Waals surface area contributed by atoms with E-state index in [-0.39, 0.29) is 5.92 Å². The molecule has 20 heavy (non-hydrogen) atoms. The van der Waals surface area contributed by atoms with Gasteiger partial charge in [-0.25, -0.2) is 9.97 Å². The van der Waals surface area contributed by atoms with Crippen LogP contribution in [0.1, 0.15) is 43.6 Å². The monoisotopic (exact) mass is 343 g/mol. The minimum atomic E-state index is 0.287. The van der Waals surface area contributed by atoms with Crippen molar-refractivity contribution in [2.75, 3.05) is 32.2 Å². The zero-order valence-electron chi connectivity index (χ0n) is 12.1. The van der Waals surface area contributed by atoms with Crippen molar-refractivity contribution in [2.24, 2.45) is 0 Å². The minimum Gasteiger partial charge on any atom is -0.381 e. The smallest absolute Gasteiger partial charge is 0.144 e. The number of rotatable bonds is 6. The summed E-state index contributed by atoms with van der Waals surface area (Å²) < 4.78 is 11.7. The third kappa shape index (κ3) is 3.90. The highest BCUT2D eigenvalue weighted by Gasteiger charge is 2.22. The molecule has 0 radical (unpaired) electrons. The van der Waals surface area contributed by atoms with Crippen LogP contribution in [0.15, 0.2) is 4.47 Å². The van der Waals surface area contributed by atoms with Gasteiger partial charge in [0.15, 0.2) is 0 Å². The first-order chi connectivity index (χ1) is 9.76. The first-order valence-corrected chi connectivity index (χ1v) is 7.92. The molecule has 1 aromatic rings. The molecule has 1 unspecified atom stereocenters. The number of hydrogen-bond acceptors (Lipinski definition) is 5. The number of methoxy groups -OCH3 is 1. The van der Waals surface area contributed by atoms with Gasteiger partial charge in [0, 0.05) is 26.2 Å². The van der Waals surface area contributed by atoms with Gasteiger partial charge in [-0.05, 0) is 35.2 Å². The van der Waals surface area contributed by atoms with E-state index < -0.39 is 0 Å². The predicted molar refractivity (Wildman–Crippen MR) is 82.0 cm³/mol. The molecule has 1 atom stereocenters. The molecule has 2 heterocycles. The van der Waals surface area contributed by atoms with Gasteiger partial charge in [-0.15, -0.1) is 0 Å². The second kappa shape index (κ2) is 7.90. The maximum atomic E-state index is 5.54. The molecular formula is C14H22BrN3O2. The molecule has 112 valence electrons. The lowest BCUT2D eigenvalue weighted by atomic mass is 10.0. The van der Waals surface area contributed by atoms with E-state index in [1.54, 1.807) is 7.11 Å². The molecule has 0 saturated carbocycles. The van der Waals surface area contributed by atoms with Crippen molar-refractivity contribution in [3.05, 3.63) is 16.0 Å². The SMILES string of the molecule is CCCNc1nc(C2CCCOC2)nc(COC)c1Br. The zero-order chi connectivity index (χ0) is 14.4. The number of hydrogen-bond donors (Lipinski definition) is 1. The molecule has 1 fully saturated rings. The van der Waals surface area contributed by atoms with E-state index in [4.69, 9.17) is 9.47 Å². The minimum absolute atomic E-state index is 0.287. The van der Waals surface area contributed by atoms with E-state index in [0.29, 0.717) is 13.2 Å². The van der Waals surface area contributed by atoms with E-state index >= 15 is 0 Å². The Morgan fingerprint density at radius 3 is 2.95 bits per heavy atom. The molecule has 0 aromatic carbocycles. The van der Waals surface area contributed by atoms with Gasteiger partial charge in [0.05, 0.1) is 23.4 Å². The summed E-state index contributed by atoms with van der Waals surface area (Å²) in [6.45, 7) is 5.06. The van der Waals surface area contributed by atoms with Crippen molar-refractivity contribution in [3.8, 4) is 0 Å². The average molecular weight is 344 g/mol. The van der Waals surface area contributed by atoms with Gasteiger partial charge in [0.1, 0.15) is 11.6 Å². The van der Waals surface area contributed by atoms with Crippen LogP contribution in [0, 0.1) is 0 Å². The Kier molecular flexibility index (Phi) is 6.19. The van der Waals surface area contributed by atoms with Gasteiger partial charge in [-0.1, -0.05) is 6.92 Å². The Morgan fingerprint density at radius 2 is 2.30 bits per heavy atom. The molecule has 0 spiro atoms. The Morgan fingerprint density at radius 1 is 1.45 bits per heavy atom. The topological polar surface area (TPSA) is 56.3 Å². The van der Waals surface area contributed by atoms with Crippen molar-refractivity contribution >= 4 is 21.7 Å². The highest BCUT2D eigenvalue weighted by molar-refractivity contribution is 9.10. The Bertz CT molecular complexity index is 437. The zero-order valence-corrected chi connectivity index (χ0v) is 13.7. The summed E-state index contributed by atoms with van der Waals surface area (Å²) in [7, 11) is 1.68. The average Bonchev–Trinajstić information content (AvgIpc) is 2.49. The maximum Gasteiger partial charge on any atom is 0.144 e. The quantitative estimate of drug-likeness (QED) is 0.859. The van der Waals surface area contributed by atoms with Gasteiger partial charge in [-0.3, -0.25) is 0 Å². The summed E-state index contributed by atoms with van der Waals surface area (Å²) in [4.78, 5) is 9.32. The summed E-state index contributed by atoms with van der Waals surface area (Å²) in [6.07, 6.45) is 3.21. The van der Waals surface area contributed by atoms with E-state index in [1.165, 1.54) is 0 Å². The van der Waals surface area contributed by atoms with E-state index in [2.05, 4.69) is 38.1 Å². The van der Waals surface area contributed by atoms with Crippen LogP contribution in [0.25, 0.3) is 0 Å². The molecule has 1 N–H and O–H groups in total. The maximum absolute atomic E-state index is 5.54. The number of nitrogens with zero attached hydrogens (tertiary/aromatic N) is 2. The fraction of sp³-hybridized carbons (Fsp3) is 0.714. The number of anilines is 1. The molecule has 1 saturated heterocycles. The Hall–Kier alpha value is -0.720. The lowest BCUT2D eigenvalue weighted by Gasteiger charge is -2.22. The number of halogens is 1. The largest absolute Gasteiger partial charge is 0.381 e. The number of ether oxygens (including phenoxy) is 2. The standard InChI is InChI=1S/C14H22BrN3O2/c1-3-6-16-14-12(15)11(9-19-2)17-13(18-14)10-5-4-7-20-8-10/h10H,3-9H2,1-2H3,(H,16,17,18). The summed E-state index contributed by atoms with van der Waals surface area (Å²) in [5, 5.41) is 3.35. The molecule has 2 rings (SSSR count). The van der Waals surface area contributed by atoms with E-state index in [1.807, 2.05) is 0 Å². The highest BCUT2D eigenvalue weighted by atomic mass is 79.9. The molecule has 0 aliphatic carbocycles. The number of nitrogens with one attached hydrogen (secondary N) is 1. The summed E-state index contributed by atoms with van der Waals surface area (Å²) in [6, 6.07) is 0. The van der Waals surface area contributed by atoms with Crippen LogP contribution in [0.3, 0.4) is 0 Å². The molecule has 1 aliphatic heterocycles. The van der Waals surface area contributed by atoms with Gasteiger partial charge in [0.25, 0.3) is 0 Å². The van der Waals surface area contributed by atoms with Crippen molar-refractivity contribution in [1.82, 2.24) is 9.97 Å². The lowest BCUT2D eigenvalue weighted by molar-refractivity contribution is 0.0778. The predicted octanol–water partition coefficient (Wildman–Crippen LogP) is 3.10. The van der Waals surface area contributed by atoms with Crippen molar-refractivity contribution < 1.29 is 9.47 Å². The second-order valence-corrected chi connectivity index (χ2v) is 5.76. The molecule has 1 aliphatic rings. The number of aromatic nitrogens is 2. The van der Waals surface area contributed by atoms with Gasteiger partial charge < -0.3 is 14.8 Å². The highest BCUT2D eigenvalue weighted by Crippen LogP contribution is 2.29. The first-order valence-electron chi connectivity index (χ1n) is 7.13. The van der Waals surface area contributed by atoms with Gasteiger partial charge in [0.2, 0.25) is 0 Å². The summed E-state index contributed by atoms with van der Waals surface area (Å²) >= 11 is 3.57. The van der Waals surface area contributed by atoms with Gasteiger partial charge >= 0.3 is 0 Å². The lowest BCUT2D eigenvalue weighted by Crippen LogP contribution is -2.20. The third-order valence-corrected chi connectivity index (χ3v) is 4.12. The molecule has 5 nitrogen and oxygen atoms in total. The van der Waals surface area contributed by atoms with Crippen LogP contribution in [0.5, 0.6) is 0 Å². The fourth-order valence-corrected chi connectivity index (χ4v) is 2.66. The van der Waals surface area contributed by atoms with Crippen molar-refractivity contribution in [1.29, 1.82) is 0 Å². The van der Waals surface area contributed by atoms with Gasteiger partial charge in [-0.2, -0.15) is 0 Å². The second-order valence-electron chi connectivity index (χ2n) is 4.96. The van der Waals surface area contributed by atoms with Crippen LogP contribution in [-0.4, -0.2) is 36.8 Å². The normalized spacial score (nSPS) is 19.1. The first kappa shape index (κ1) is 15.7. The van der Waals surface area contributed by atoms with Crippen molar-refractivity contribution in [2.45, 2.75) is 38.7 Å². The fourth-order valence-electron chi connectivity index (χ4n) is 2.23. The van der Waals surface area contributed by atoms with Crippen LogP contribution >= 0.6 is 15.9 Å². The van der Waals surface area contributed by atoms with E-state index in [9.17, 15) is 0 Å². The van der Waals surface area contributed by atoms with Crippen LogP contribution in [0.2, 0.25) is 0 Å². The van der Waals surface area contributed by atoms with Crippen LogP contribution < -0.4 is 5.32 Å². The van der Waals surface area contributed by atoms with Crippen molar-refractivity contribution in [3.63, 3.8) is 0 Å². The van der Waals surface area contributed by atoms with Crippen LogP contribution in [0.4, 0.5) is 5.82 Å². The van der Waals surface area contributed by atoms with Crippen LogP contribution in [-0.2, 0) is 16.1 Å². The van der Waals surface area contributed by atoms with E-state index in [0.717, 1.165) is 54.2 Å². The molecule has 1 aromatic heterocycles. The molecule has 0 bridgehead atoms. The summed E-state index contributed by atoms with van der Waals surface area (Å²) in [5.41, 5.74) is 0.890. The molecule has 6 heteroatoms. The molecular weight excluding hydrogens is 322 g/mol. The summed E-state index contributed by atoms with van der Waals surface area (Å²) in [5.74, 6) is 2.00. The Balaban J connectivity index is 2.27.